The third kappa shape index (κ3) is 5.40. The number of anilines is 1. The molecule has 3 aromatic rings. The summed E-state index contributed by atoms with van der Waals surface area (Å²) in [6.45, 7) is 4.67. The molecule has 1 saturated heterocycles. The number of amides is 3. The van der Waals surface area contributed by atoms with Gasteiger partial charge in [0, 0.05) is 63.3 Å². The van der Waals surface area contributed by atoms with Gasteiger partial charge in [0.15, 0.2) is 11.5 Å². The molecule has 9 heteroatoms. The molecule has 9 nitrogen and oxygen atoms in total. The average molecular weight is 494 g/mol. The first-order valence-corrected chi connectivity index (χ1v) is 12.4. The first-order valence-electron chi connectivity index (χ1n) is 12.4. The number of urea groups is 1. The highest BCUT2D eigenvalue weighted by Gasteiger charge is 2.30. The normalized spacial score (nSPS) is 13.5. The van der Waals surface area contributed by atoms with Crippen molar-refractivity contribution in [2.75, 3.05) is 45.8 Å². The monoisotopic (exact) mass is 493 g/mol. The van der Waals surface area contributed by atoms with Crippen LogP contribution in [0, 0.1) is 0 Å². The smallest absolute Gasteiger partial charge is 0.324 e. The van der Waals surface area contributed by atoms with Crippen LogP contribution in [0.15, 0.2) is 42.7 Å². The van der Waals surface area contributed by atoms with Crippen molar-refractivity contribution >= 4 is 28.7 Å². The predicted octanol–water partition coefficient (Wildman–Crippen LogP) is 4.14. The number of benzene rings is 1. The maximum Gasteiger partial charge on any atom is 0.324 e. The minimum atomic E-state index is -0.0516. The standard InChI is InChI=1S/C27H35N5O4/c1-5-6-7-16-36-24-17-21(8-9-23(24)35-4)32-15-14-31(27(32)34)18-20-10-12-28-26-22(20)11-13-30(26)19-25(33)29(2)3/h8-13,17H,5-7,14-16,18-19H2,1-4H3. The second-order valence-corrected chi connectivity index (χ2v) is 9.19. The van der Waals surface area contributed by atoms with Crippen LogP contribution in [0.4, 0.5) is 10.5 Å². The van der Waals surface area contributed by atoms with E-state index in [0.717, 1.165) is 41.5 Å². The summed E-state index contributed by atoms with van der Waals surface area (Å²) in [7, 11) is 5.10. The number of unbranched alkanes of at least 4 members (excludes halogenated alkanes) is 2. The van der Waals surface area contributed by atoms with Crippen molar-refractivity contribution in [1.29, 1.82) is 0 Å². The number of nitrogens with zero attached hydrogens (tertiary/aromatic N) is 5. The van der Waals surface area contributed by atoms with Gasteiger partial charge in [-0.15, -0.1) is 0 Å². The van der Waals surface area contributed by atoms with Gasteiger partial charge in [0.1, 0.15) is 12.2 Å². The molecule has 36 heavy (non-hydrogen) atoms. The van der Waals surface area contributed by atoms with Crippen LogP contribution in [0.5, 0.6) is 11.5 Å². The molecular formula is C27H35N5O4. The van der Waals surface area contributed by atoms with E-state index < -0.39 is 0 Å². The lowest BCUT2D eigenvalue weighted by Crippen LogP contribution is -2.31. The van der Waals surface area contributed by atoms with Crippen molar-refractivity contribution in [1.82, 2.24) is 19.4 Å². The predicted molar refractivity (Wildman–Crippen MR) is 140 cm³/mol. The summed E-state index contributed by atoms with van der Waals surface area (Å²) >= 11 is 0. The first-order chi connectivity index (χ1) is 17.4. The van der Waals surface area contributed by atoms with E-state index in [0.29, 0.717) is 37.7 Å². The Labute approximate surface area is 212 Å². The number of hydrogen-bond acceptors (Lipinski definition) is 5. The zero-order valence-electron chi connectivity index (χ0n) is 21.6. The maximum atomic E-state index is 13.3. The number of fused-ring (bicyclic) bond motifs is 1. The van der Waals surface area contributed by atoms with Gasteiger partial charge in [0.05, 0.1) is 13.7 Å². The Morgan fingerprint density at radius 3 is 2.69 bits per heavy atom. The van der Waals surface area contributed by atoms with Crippen LogP contribution in [-0.2, 0) is 17.9 Å². The molecule has 0 atom stereocenters. The minimum absolute atomic E-state index is 0.00160. The summed E-state index contributed by atoms with van der Waals surface area (Å²) in [4.78, 5) is 35.2. The van der Waals surface area contributed by atoms with Crippen molar-refractivity contribution in [3.05, 3.63) is 48.3 Å². The summed E-state index contributed by atoms with van der Waals surface area (Å²) in [5.74, 6) is 1.32. The number of aromatic nitrogens is 2. The van der Waals surface area contributed by atoms with Gasteiger partial charge in [-0.2, -0.15) is 0 Å². The third-order valence-electron chi connectivity index (χ3n) is 6.48. The summed E-state index contributed by atoms with van der Waals surface area (Å²) in [5.41, 5.74) is 2.54. The number of likely N-dealkylation sites (N-methyl/N-ethyl adjacent to an activating group) is 1. The van der Waals surface area contributed by atoms with Crippen molar-refractivity contribution < 1.29 is 19.1 Å². The first kappa shape index (κ1) is 25.3. The largest absolute Gasteiger partial charge is 0.493 e. The molecule has 1 aliphatic heterocycles. The Kier molecular flexibility index (Phi) is 7.97. The number of hydrogen-bond donors (Lipinski definition) is 0. The van der Waals surface area contributed by atoms with Crippen LogP contribution in [0.2, 0.25) is 0 Å². The zero-order chi connectivity index (χ0) is 25.7. The van der Waals surface area contributed by atoms with Crippen molar-refractivity contribution in [3.8, 4) is 11.5 Å². The number of carbonyl (C=O) groups excluding carboxylic acids is 2. The highest BCUT2D eigenvalue weighted by Crippen LogP contribution is 2.34. The van der Waals surface area contributed by atoms with E-state index in [2.05, 4.69) is 11.9 Å². The fourth-order valence-electron chi connectivity index (χ4n) is 4.35. The van der Waals surface area contributed by atoms with Crippen LogP contribution >= 0.6 is 0 Å². The molecule has 0 N–H and O–H groups in total. The maximum absolute atomic E-state index is 13.3. The van der Waals surface area contributed by atoms with Gasteiger partial charge in [0.25, 0.3) is 0 Å². The van der Waals surface area contributed by atoms with Gasteiger partial charge in [-0.1, -0.05) is 19.8 Å². The highest BCUT2D eigenvalue weighted by atomic mass is 16.5. The van der Waals surface area contributed by atoms with Gasteiger partial charge in [-0.05, 0) is 36.2 Å². The Morgan fingerprint density at radius 2 is 1.94 bits per heavy atom. The zero-order valence-corrected chi connectivity index (χ0v) is 21.6. The Morgan fingerprint density at radius 1 is 1.11 bits per heavy atom. The molecule has 0 unspecified atom stereocenters. The van der Waals surface area contributed by atoms with E-state index in [-0.39, 0.29) is 18.5 Å². The number of pyridine rings is 1. The molecule has 1 aliphatic rings. The number of methoxy groups -OCH3 is 1. The Bertz CT molecular complexity index is 1220. The molecule has 3 heterocycles. The van der Waals surface area contributed by atoms with Crippen molar-refractivity contribution in [3.63, 3.8) is 0 Å². The van der Waals surface area contributed by atoms with Gasteiger partial charge in [-0.3, -0.25) is 9.69 Å². The summed E-state index contributed by atoms with van der Waals surface area (Å²) < 4.78 is 13.3. The van der Waals surface area contributed by atoms with E-state index in [1.54, 1.807) is 37.2 Å². The molecule has 0 saturated carbocycles. The molecule has 4 rings (SSSR count). The molecule has 0 bridgehead atoms. The van der Waals surface area contributed by atoms with E-state index in [1.165, 1.54) is 0 Å². The van der Waals surface area contributed by atoms with E-state index >= 15 is 0 Å². The molecule has 1 aromatic carbocycles. The number of rotatable bonds is 11. The van der Waals surface area contributed by atoms with Gasteiger partial charge in [0.2, 0.25) is 5.91 Å². The molecule has 0 spiro atoms. The summed E-state index contributed by atoms with van der Waals surface area (Å²) in [5, 5.41) is 0.947. The molecule has 3 amide bonds. The lowest BCUT2D eigenvalue weighted by Gasteiger charge is -2.20. The third-order valence-corrected chi connectivity index (χ3v) is 6.48. The molecule has 0 radical (unpaired) electrons. The van der Waals surface area contributed by atoms with Crippen LogP contribution in [0.3, 0.4) is 0 Å². The molecular weight excluding hydrogens is 458 g/mol. The average Bonchev–Trinajstić information content (AvgIpc) is 3.45. The van der Waals surface area contributed by atoms with Crippen LogP contribution in [0.25, 0.3) is 11.0 Å². The summed E-state index contributed by atoms with van der Waals surface area (Å²) in [6.07, 6.45) is 6.82. The molecule has 192 valence electrons. The molecule has 1 fully saturated rings. The van der Waals surface area contributed by atoms with E-state index in [4.69, 9.17) is 9.47 Å². The second-order valence-electron chi connectivity index (χ2n) is 9.19. The van der Waals surface area contributed by atoms with Gasteiger partial charge in [-0.25, -0.2) is 9.78 Å². The Hall–Kier alpha value is -3.75. The van der Waals surface area contributed by atoms with Crippen LogP contribution < -0.4 is 14.4 Å². The lowest BCUT2D eigenvalue weighted by molar-refractivity contribution is -0.129. The quantitative estimate of drug-likeness (QED) is 0.375. The minimum Gasteiger partial charge on any atom is -0.493 e. The summed E-state index contributed by atoms with van der Waals surface area (Å²) in [6, 6.07) is 9.48. The SMILES string of the molecule is CCCCCOc1cc(N2CCN(Cc3ccnc4c3ccn4CC(=O)N(C)C)C2=O)ccc1OC. The van der Waals surface area contributed by atoms with E-state index in [9.17, 15) is 9.59 Å². The molecule has 0 aliphatic carbocycles. The lowest BCUT2D eigenvalue weighted by atomic mass is 10.2. The molecule has 2 aromatic heterocycles. The second kappa shape index (κ2) is 11.3. The van der Waals surface area contributed by atoms with Crippen molar-refractivity contribution in [2.24, 2.45) is 0 Å². The fourth-order valence-corrected chi connectivity index (χ4v) is 4.35. The topological polar surface area (TPSA) is 80.1 Å². The van der Waals surface area contributed by atoms with Crippen LogP contribution in [0.1, 0.15) is 31.7 Å². The van der Waals surface area contributed by atoms with Gasteiger partial charge < -0.3 is 23.8 Å². The highest BCUT2D eigenvalue weighted by molar-refractivity contribution is 5.95. The van der Waals surface area contributed by atoms with E-state index in [1.807, 2.05) is 46.0 Å². The number of ether oxygens (including phenoxy) is 2. The Balaban J connectivity index is 1.48. The van der Waals surface area contributed by atoms with Gasteiger partial charge >= 0.3 is 6.03 Å². The fraction of sp³-hybridized carbons (Fsp3) is 0.444. The number of carbonyl (C=O) groups is 2. The van der Waals surface area contributed by atoms with Crippen molar-refractivity contribution in [2.45, 2.75) is 39.3 Å². The van der Waals surface area contributed by atoms with Crippen LogP contribution in [-0.4, -0.2) is 72.2 Å².